The van der Waals surface area contributed by atoms with Crippen molar-refractivity contribution in [2.45, 2.75) is 26.7 Å². The van der Waals surface area contributed by atoms with Gasteiger partial charge in [-0.2, -0.15) is 0 Å². The Balaban J connectivity index is 2.51. The van der Waals surface area contributed by atoms with Crippen LogP contribution in [0.15, 0.2) is 12.1 Å². The average Bonchev–Trinajstić information content (AvgIpc) is 2.35. The summed E-state index contributed by atoms with van der Waals surface area (Å²) in [6.45, 7) is 3.91. The fourth-order valence-corrected chi connectivity index (χ4v) is 1.94. The number of carbonyl (C=O) groups excluding carboxylic acids is 1. The lowest BCUT2D eigenvalue weighted by Crippen LogP contribution is -2.18. The minimum absolute atomic E-state index is 0.00495. The predicted molar refractivity (Wildman–Crippen MR) is 59.0 cm³/mol. The molecule has 1 heterocycles. The summed E-state index contributed by atoms with van der Waals surface area (Å²) in [5.41, 5.74) is 2.79. The molecule has 1 aromatic rings. The fourth-order valence-electron chi connectivity index (χ4n) is 1.94. The number of aromatic hydroxyl groups is 1. The smallest absolute Gasteiger partial charge is 0.227 e. The number of carbonyl (C=O) groups is 1. The van der Waals surface area contributed by atoms with Crippen molar-refractivity contribution in [1.29, 1.82) is 0 Å². The molecule has 0 aromatic heterocycles. The molecule has 0 bridgehead atoms. The molecule has 2 N–H and O–H groups in total. The molecule has 2 rings (SSSR count). The second-order valence-corrected chi connectivity index (χ2v) is 4.18. The summed E-state index contributed by atoms with van der Waals surface area (Å²) in [5.74, 6) is 0.170. The van der Waals surface area contributed by atoms with Gasteiger partial charge in [0.05, 0.1) is 5.69 Å². The van der Waals surface area contributed by atoms with Crippen molar-refractivity contribution < 1.29 is 9.90 Å². The SMILES string of the molecule is Cc1ccc(O)c2c1CC[C@@H](C)C(=O)N2. The van der Waals surface area contributed by atoms with E-state index in [0.29, 0.717) is 5.69 Å². The standard InChI is InChI=1S/C12H15NO2/c1-7-4-6-10(14)11-9(7)5-3-8(2)12(15)13-11/h4,6,8,14H,3,5H2,1-2H3,(H,13,15)/t8-/m1/s1. The first-order chi connectivity index (χ1) is 7.09. The third-order valence-electron chi connectivity index (χ3n) is 3.05. The minimum atomic E-state index is -0.00495. The molecule has 15 heavy (non-hydrogen) atoms. The van der Waals surface area contributed by atoms with Gasteiger partial charge >= 0.3 is 0 Å². The van der Waals surface area contributed by atoms with Crippen LogP contribution in [0.25, 0.3) is 0 Å². The molecule has 0 fully saturated rings. The van der Waals surface area contributed by atoms with E-state index in [1.807, 2.05) is 19.9 Å². The third-order valence-corrected chi connectivity index (χ3v) is 3.05. The van der Waals surface area contributed by atoms with E-state index >= 15 is 0 Å². The zero-order chi connectivity index (χ0) is 11.0. The van der Waals surface area contributed by atoms with E-state index in [0.717, 1.165) is 24.0 Å². The van der Waals surface area contributed by atoms with E-state index in [9.17, 15) is 9.90 Å². The van der Waals surface area contributed by atoms with Crippen molar-refractivity contribution in [3.63, 3.8) is 0 Å². The largest absolute Gasteiger partial charge is 0.506 e. The van der Waals surface area contributed by atoms with Gasteiger partial charge in [0.1, 0.15) is 5.75 Å². The number of phenolic OH excluding ortho intramolecular Hbond substituents is 1. The summed E-state index contributed by atoms with van der Waals surface area (Å²) in [5, 5.41) is 12.5. The Hall–Kier alpha value is -1.51. The number of benzene rings is 1. The van der Waals surface area contributed by atoms with Gasteiger partial charge in [-0.05, 0) is 37.0 Å². The minimum Gasteiger partial charge on any atom is -0.506 e. The van der Waals surface area contributed by atoms with Gasteiger partial charge in [-0.15, -0.1) is 0 Å². The Labute approximate surface area is 89.1 Å². The van der Waals surface area contributed by atoms with Crippen molar-refractivity contribution in [2.75, 3.05) is 5.32 Å². The van der Waals surface area contributed by atoms with Gasteiger partial charge in [0.25, 0.3) is 0 Å². The average molecular weight is 205 g/mol. The van der Waals surface area contributed by atoms with E-state index in [2.05, 4.69) is 5.32 Å². The molecule has 0 spiro atoms. The molecule has 1 atom stereocenters. The van der Waals surface area contributed by atoms with Crippen molar-refractivity contribution in [3.05, 3.63) is 23.3 Å². The highest BCUT2D eigenvalue weighted by atomic mass is 16.3. The van der Waals surface area contributed by atoms with Crippen LogP contribution in [0.3, 0.4) is 0 Å². The van der Waals surface area contributed by atoms with E-state index in [1.54, 1.807) is 6.07 Å². The van der Waals surface area contributed by atoms with Crippen LogP contribution < -0.4 is 5.32 Å². The van der Waals surface area contributed by atoms with Gasteiger partial charge in [-0.3, -0.25) is 4.79 Å². The topological polar surface area (TPSA) is 49.3 Å². The van der Waals surface area contributed by atoms with Crippen LogP contribution in [0.5, 0.6) is 5.75 Å². The lowest BCUT2D eigenvalue weighted by molar-refractivity contribution is -0.119. The van der Waals surface area contributed by atoms with Crippen LogP contribution in [-0.2, 0) is 11.2 Å². The number of nitrogens with one attached hydrogen (secondary N) is 1. The first-order valence-corrected chi connectivity index (χ1v) is 5.22. The molecule has 0 saturated heterocycles. The van der Waals surface area contributed by atoms with Crippen molar-refractivity contribution in [1.82, 2.24) is 0 Å². The summed E-state index contributed by atoms with van der Waals surface area (Å²) in [6.07, 6.45) is 1.68. The zero-order valence-electron chi connectivity index (χ0n) is 9.00. The monoisotopic (exact) mass is 205 g/mol. The molecule has 1 aromatic carbocycles. The van der Waals surface area contributed by atoms with Gasteiger partial charge in [0, 0.05) is 5.92 Å². The van der Waals surface area contributed by atoms with Crippen molar-refractivity contribution in [2.24, 2.45) is 5.92 Å². The normalized spacial score (nSPS) is 20.4. The van der Waals surface area contributed by atoms with Crippen LogP contribution >= 0.6 is 0 Å². The fraction of sp³-hybridized carbons (Fsp3) is 0.417. The maximum Gasteiger partial charge on any atom is 0.227 e. The number of fused-ring (bicyclic) bond motifs is 1. The Morgan fingerprint density at radius 2 is 2.20 bits per heavy atom. The third kappa shape index (κ3) is 1.69. The second kappa shape index (κ2) is 3.57. The molecule has 1 amide bonds. The first-order valence-electron chi connectivity index (χ1n) is 5.22. The molecule has 1 aliphatic heterocycles. The zero-order valence-corrected chi connectivity index (χ0v) is 9.00. The van der Waals surface area contributed by atoms with Crippen LogP contribution in [0.1, 0.15) is 24.5 Å². The summed E-state index contributed by atoms with van der Waals surface area (Å²) in [6, 6.07) is 3.51. The van der Waals surface area contributed by atoms with Gasteiger partial charge < -0.3 is 10.4 Å². The molecular weight excluding hydrogens is 190 g/mol. The van der Waals surface area contributed by atoms with Crippen molar-refractivity contribution in [3.8, 4) is 5.75 Å². The van der Waals surface area contributed by atoms with Gasteiger partial charge in [0.2, 0.25) is 5.91 Å². The number of hydrogen-bond donors (Lipinski definition) is 2. The molecule has 1 aliphatic rings. The van der Waals surface area contributed by atoms with Crippen LogP contribution in [0.2, 0.25) is 0 Å². The summed E-state index contributed by atoms with van der Waals surface area (Å²) < 4.78 is 0. The highest BCUT2D eigenvalue weighted by Crippen LogP contribution is 2.34. The molecule has 0 radical (unpaired) electrons. The second-order valence-electron chi connectivity index (χ2n) is 4.18. The summed E-state index contributed by atoms with van der Waals surface area (Å²) in [7, 11) is 0. The molecule has 0 unspecified atom stereocenters. The highest BCUT2D eigenvalue weighted by molar-refractivity contribution is 5.95. The Kier molecular flexibility index (Phi) is 2.39. The molecule has 80 valence electrons. The van der Waals surface area contributed by atoms with Gasteiger partial charge in [0.15, 0.2) is 0 Å². The molecule has 0 saturated carbocycles. The van der Waals surface area contributed by atoms with E-state index in [4.69, 9.17) is 0 Å². The number of rotatable bonds is 0. The molecular formula is C12H15NO2. The lowest BCUT2D eigenvalue weighted by Gasteiger charge is -2.11. The van der Waals surface area contributed by atoms with Crippen LogP contribution in [0.4, 0.5) is 5.69 Å². The van der Waals surface area contributed by atoms with Gasteiger partial charge in [-0.1, -0.05) is 13.0 Å². The number of amides is 1. The Morgan fingerprint density at radius 3 is 2.93 bits per heavy atom. The van der Waals surface area contributed by atoms with E-state index in [-0.39, 0.29) is 17.6 Å². The van der Waals surface area contributed by atoms with Gasteiger partial charge in [-0.25, -0.2) is 0 Å². The maximum absolute atomic E-state index is 11.6. The number of phenols is 1. The summed E-state index contributed by atoms with van der Waals surface area (Å²) in [4.78, 5) is 11.6. The van der Waals surface area contributed by atoms with E-state index in [1.165, 1.54) is 0 Å². The lowest BCUT2D eigenvalue weighted by atomic mass is 9.99. The van der Waals surface area contributed by atoms with E-state index < -0.39 is 0 Å². The number of aryl methyl sites for hydroxylation is 1. The summed E-state index contributed by atoms with van der Waals surface area (Å²) >= 11 is 0. The molecule has 3 heteroatoms. The quantitative estimate of drug-likeness (QED) is 0.638. The van der Waals surface area contributed by atoms with Crippen molar-refractivity contribution >= 4 is 11.6 Å². The number of hydrogen-bond acceptors (Lipinski definition) is 2. The maximum atomic E-state index is 11.6. The number of anilines is 1. The predicted octanol–water partition coefficient (Wildman–Crippen LogP) is 2.22. The Morgan fingerprint density at radius 1 is 1.47 bits per heavy atom. The Bertz CT molecular complexity index is 412. The first kappa shape index (κ1) is 10.0. The highest BCUT2D eigenvalue weighted by Gasteiger charge is 2.22. The molecule has 0 aliphatic carbocycles. The van der Waals surface area contributed by atoms with Crippen LogP contribution in [-0.4, -0.2) is 11.0 Å². The van der Waals surface area contributed by atoms with Crippen LogP contribution in [0, 0.1) is 12.8 Å². The molecule has 3 nitrogen and oxygen atoms in total.